The maximum Gasteiger partial charge on any atom is 0.373 e. The molecule has 1 fully saturated rings. The molecule has 148 valence electrons. The Hall–Kier alpha value is -3.26. The molecule has 0 saturated carbocycles. The number of nitrogens with zero attached hydrogens (tertiary/aromatic N) is 1. The van der Waals surface area contributed by atoms with Gasteiger partial charge in [0.15, 0.2) is 0 Å². The van der Waals surface area contributed by atoms with Crippen molar-refractivity contribution in [2.75, 3.05) is 13.7 Å². The van der Waals surface area contributed by atoms with E-state index in [1.165, 1.54) is 19.2 Å². The maximum atomic E-state index is 12.6. The van der Waals surface area contributed by atoms with Gasteiger partial charge < -0.3 is 19.2 Å². The highest BCUT2D eigenvalue weighted by atomic mass is 127. The maximum absolute atomic E-state index is 12.6. The van der Waals surface area contributed by atoms with Crippen LogP contribution in [0.4, 0.5) is 4.79 Å². The first-order valence-corrected chi connectivity index (χ1v) is 9.38. The molecule has 0 radical (unpaired) electrons. The Morgan fingerprint density at radius 3 is 2.83 bits per heavy atom. The van der Waals surface area contributed by atoms with Crippen molar-refractivity contribution in [3.63, 3.8) is 0 Å². The number of methoxy groups -OCH3 is 1. The van der Waals surface area contributed by atoms with Crippen LogP contribution < -0.4 is 10.1 Å². The number of esters is 1. The summed E-state index contributed by atoms with van der Waals surface area (Å²) in [5, 5.41) is 2.54. The molecule has 0 atom stereocenters. The number of nitrogens with one attached hydrogen (secondary N) is 1. The van der Waals surface area contributed by atoms with Gasteiger partial charge in [-0.1, -0.05) is 12.0 Å². The van der Waals surface area contributed by atoms with Crippen LogP contribution in [0, 0.1) is 15.9 Å². The van der Waals surface area contributed by atoms with Gasteiger partial charge in [0.1, 0.15) is 23.8 Å². The molecule has 1 N–H and O–H groups in total. The highest BCUT2D eigenvalue weighted by Crippen LogP contribution is 2.24. The quantitative estimate of drug-likeness (QED) is 0.213. The van der Waals surface area contributed by atoms with Crippen LogP contribution in [-0.4, -0.2) is 36.5 Å². The monoisotopic (exact) mass is 506 g/mol. The second kappa shape index (κ2) is 8.83. The summed E-state index contributed by atoms with van der Waals surface area (Å²) in [6.45, 7) is 0.0415. The normalized spacial score (nSPS) is 14.7. The number of ether oxygens (including phenoxy) is 2. The zero-order valence-electron chi connectivity index (χ0n) is 15.2. The van der Waals surface area contributed by atoms with Crippen molar-refractivity contribution in [3.05, 3.63) is 56.7 Å². The molecular weight excluding hydrogens is 491 g/mol. The van der Waals surface area contributed by atoms with Crippen molar-refractivity contribution in [1.29, 1.82) is 0 Å². The number of hydrogen-bond acceptors (Lipinski definition) is 6. The van der Waals surface area contributed by atoms with Crippen LogP contribution in [0.1, 0.15) is 21.9 Å². The summed E-state index contributed by atoms with van der Waals surface area (Å²) >= 11 is 2.10. The van der Waals surface area contributed by atoms with E-state index in [0.29, 0.717) is 11.3 Å². The van der Waals surface area contributed by atoms with E-state index < -0.39 is 17.9 Å². The number of carbonyl (C=O) groups excluding carboxylic acids is 3. The molecule has 1 aliphatic rings. The molecule has 1 aromatic heterocycles. The van der Waals surface area contributed by atoms with Crippen LogP contribution >= 0.6 is 22.6 Å². The summed E-state index contributed by atoms with van der Waals surface area (Å²) in [5.74, 6) is 2.15. The van der Waals surface area contributed by atoms with Crippen LogP contribution in [0.15, 0.2) is 40.4 Å². The summed E-state index contributed by atoms with van der Waals surface area (Å²) in [7, 11) is 1.23. The minimum atomic E-state index is -0.640. The van der Waals surface area contributed by atoms with Gasteiger partial charge in [0.05, 0.1) is 17.2 Å². The minimum Gasteiger partial charge on any atom is -0.480 e. The van der Waals surface area contributed by atoms with Crippen LogP contribution in [-0.2, 0) is 16.1 Å². The Labute approximate surface area is 180 Å². The molecule has 1 aromatic carbocycles. The molecule has 3 rings (SSSR count). The molecule has 8 nitrogen and oxygen atoms in total. The fraction of sp³-hybridized carbons (Fsp3) is 0.150. The molecule has 0 unspecified atom stereocenters. The third kappa shape index (κ3) is 4.60. The standard InChI is InChI=1S/C20H15IN2O6/c1-3-8-28-16-6-4-12(9-14(16)21)10-15-18(24)23(20(26)22-15)11-13-5-7-17(29-13)19(25)27-2/h1,4-7,9-10H,8,11H2,2H3,(H,22,26)/b15-10-. The highest BCUT2D eigenvalue weighted by Gasteiger charge is 2.34. The molecule has 0 spiro atoms. The predicted molar refractivity (Wildman–Crippen MR) is 111 cm³/mol. The largest absolute Gasteiger partial charge is 0.480 e. The van der Waals surface area contributed by atoms with E-state index in [1.54, 1.807) is 24.3 Å². The zero-order chi connectivity index (χ0) is 21.0. The van der Waals surface area contributed by atoms with Crippen molar-refractivity contribution in [2.24, 2.45) is 0 Å². The number of imide groups is 1. The number of hydrogen-bond donors (Lipinski definition) is 1. The number of halogens is 1. The van der Waals surface area contributed by atoms with Gasteiger partial charge in [-0.15, -0.1) is 6.42 Å². The SMILES string of the molecule is C#CCOc1ccc(/C=C2\NC(=O)N(Cc3ccc(C(=O)OC)o3)C2=O)cc1I. The van der Waals surface area contributed by atoms with Crippen molar-refractivity contribution in [1.82, 2.24) is 10.2 Å². The van der Waals surface area contributed by atoms with Gasteiger partial charge in [-0.05, 0) is 58.5 Å². The topological polar surface area (TPSA) is 98.1 Å². The lowest BCUT2D eigenvalue weighted by Gasteiger charge is -2.09. The fourth-order valence-corrected chi connectivity index (χ4v) is 3.25. The average Bonchev–Trinajstić information content (AvgIpc) is 3.27. The number of urea groups is 1. The first kappa shape index (κ1) is 20.5. The molecule has 1 saturated heterocycles. The number of furan rings is 1. The molecule has 0 bridgehead atoms. The predicted octanol–water partition coefficient (Wildman–Crippen LogP) is 2.78. The van der Waals surface area contributed by atoms with Gasteiger partial charge in [0.2, 0.25) is 5.76 Å². The van der Waals surface area contributed by atoms with Crippen LogP contribution in [0.5, 0.6) is 5.75 Å². The molecule has 29 heavy (non-hydrogen) atoms. The van der Waals surface area contributed by atoms with E-state index in [0.717, 1.165) is 8.47 Å². The van der Waals surface area contributed by atoms with Gasteiger partial charge in [0.25, 0.3) is 5.91 Å². The van der Waals surface area contributed by atoms with Gasteiger partial charge >= 0.3 is 12.0 Å². The highest BCUT2D eigenvalue weighted by molar-refractivity contribution is 14.1. The first-order valence-electron chi connectivity index (χ1n) is 8.30. The first-order chi connectivity index (χ1) is 13.9. The minimum absolute atomic E-state index is 0.00737. The molecule has 2 aromatic rings. The fourth-order valence-electron chi connectivity index (χ4n) is 2.55. The van der Waals surface area contributed by atoms with Gasteiger partial charge in [0, 0.05) is 0 Å². The van der Waals surface area contributed by atoms with Crippen LogP contribution in [0.2, 0.25) is 0 Å². The number of terminal acetylenes is 1. The number of carbonyl (C=O) groups is 3. The second-order valence-corrected chi connectivity index (χ2v) is 6.98. The Morgan fingerprint density at radius 1 is 1.34 bits per heavy atom. The smallest absolute Gasteiger partial charge is 0.373 e. The van der Waals surface area contributed by atoms with E-state index in [9.17, 15) is 14.4 Å². The van der Waals surface area contributed by atoms with E-state index in [-0.39, 0.29) is 30.4 Å². The molecule has 0 aliphatic carbocycles. The summed E-state index contributed by atoms with van der Waals surface area (Å²) in [5.41, 5.74) is 0.835. The van der Waals surface area contributed by atoms with Gasteiger partial charge in [-0.25, -0.2) is 9.59 Å². The number of rotatable bonds is 6. The molecular formula is C20H15IN2O6. The summed E-state index contributed by atoms with van der Waals surface area (Å²) < 4.78 is 16.1. The summed E-state index contributed by atoms with van der Waals surface area (Å²) in [6, 6.07) is 7.63. The van der Waals surface area contributed by atoms with E-state index in [2.05, 4.69) is 38.6 Å². The zero-order valence-corrected chi connectivity index (χ0v) is 17.4. The lowest BCUT2D eigenvalue weighted by Crippen LogP contribution is -2.30. The van der Waals surface area contributed by atoms with E-state index in [4.69, 9.17) is 15.6 Å². The molecule has 9 heteroatoms. The molecule has 1 aliphatic heterocycles. The number of benzene rings is 1. The lowest BCUT2D eigenvalue weighted by molar-refractivity contribution is -0.123. The van der Waals surface area contributed by atoms with Gasteiger partial charge in [-0.3, -0.25) is 9.69 Å². The van der Waals surface area contributed by atoms with Crippen molar-refractivity contribution in [2.45, 2.75) is 6.54 Å². The third-order valence-corrected chi connectivity index (χ3v) is 4.75. The van der Waals surface area contributed by atoms with E-state index in [1.807, 2.05) is 0 Å². The third-order valence-electron chi connectivity index (χ3n) is 3.90. The number of amides is 3. The Kier molecular flexibility index (Phi) is 6.23. The summed E-state index contributed by atoms with van der Waals surface area (Å²) in [6.07, 6.45) is 6.75. The van der Waals surface area contributed by atoms with E-state index >= 15 is 0 Å². The lowest BCUT2D eigenvalue weighted by atomic mass is 10.2. The second-order valence-electron chi connectivity index (χ2n) is 5.82. The molecule has 2 heterocycles. The summed E-state index contributed by atoms with van der Waals surface area (Å²) in [4.78, 5) is 37.3. The Balaban J connectivity index is 1.74. The Morgan fingerprint density at radius 2 is 2.14 bits per heavy atom. The van der Waals surface area contributed by atoms with Crippen molar-refractivity contribution in [3.8, 4) is 18.1 Å². The van der Waals surface area contributed by atoms with Gasteiger partial charge in [-0.2, -0.15) is 0 Å². The van der Waals surface area contributed by atoms with Crippen molar-refractivity contribution >= 4 is 46.6 Å². The van der Waals surface area contributed by atoms with Crippen molar-refractivity contribution < 1.29 is 28.3 Å². The molecule has 3 amide bonds. The average molecular weight is 506 g/mol. The van der Waals surface area contributed by atoms with Crippen LogP contribution in [0.25, 0.3) is 6.08 Å². The van der Waals surface area contributed by atoms with Crippen LogP contribution in [0.3, 0.4) is 0 Å². The Bertz CT molecular complexity index is 1050.